The molecule has 0 aliphatic carbocycles. The van der Waals surface area contributed by atoms with Gasteiger partial charge in [0.15, 0.2) is 5.78 Å². The van der Waals surface area contributed by atoms with E-state index in [0.717, 1.165) is 9.35 Å². The molecule has 1 aromatic rings. The Hall–Kier alpha value is -0.190. The molecule has 0 saturated heterocycles. The van der Waals surface area contributed by atoms with Crippen LogP contribution < -0.4 is 5.73 Å². The third kappa shape index (κ3) is 2.65. The number of ketones is 1. The van der Waals surface area contributed by atoms with Gasteiger partial charge in [0, 0.05) is 15.8 Å². The Morgan fingerprint density at radius 3 is 2.79 bits per heavy atom. The minimum atomic E-state index is -0.691. The third-order valence-electron chi connectivity index (χ3n) is 2.38. The fourth-order valence-corrected chi connectivity index (χ4v) is 2.49. The van der Waals surface area contributed by atoms with Gasteiger partial charge in [0.05, 0.1) is 5.54 Å². The summed E-state index contributed by atoms with van der Waals surface area (Å²) in [7, 11) is 0. The summed E-state index contributed by atoms with van der Waals surface area (Å²) in [4.78, 5) is 12.8. The van der Waals surface area contributed by atoms with Crippen molar-refractivity contribution >= 4 is 33.0 Å². The first-order valence-electron chi connectivity index (χ1n) is 4.51. The first-order valence-corrected chi connectivity index (χ1v) is 6.18. The summed E-state index contributed by atoms with van der Waals surface area (Å²) >= 11 is 4.98. The SMILES string of the molecule is CCC(C)(N)C(=O)Cc1sccc1Br. The lowest BCUT2D eigenvalue weighted by atomic mass is 9.92. The fourth-order valence-electron chi connectivity index (χ4n) is 0.996. The first-order chi connectivity index (χ1) is 6.47. The van der Waals surface area contributed by atoms with Crippen molar-refractivity contribution in [2.75, 3.05) is 0 Å². The van der Waals surface area contributed by atoms with Crippen LogP contribution in [0, 0.1) is 0 Å². The Bertz CT molecular complexity index is 333. The van der Waals surface area contributed by atoms with Gasteiger partial charge in [-0.25, -0.2) is 0 Å². The van der Waals surface area contributed by atoms with Crippen LogP contribution >= 0.6 is 27.3 Å². The monoisotopic (exact) mass is 275 g/mol. The van der Waals surface area contributed by atoms with E-state index in [9.17, 15) is 4.79 Å². The minimum absolute atomic E-state index is 0.100. The van der Waals surface area contributed by atoms with Gasteiger partial charge in [-0.05, 0) is 40.7 Å². The number of nitrogens with two attached hydrogens (primary N) is 1. The van der Waals surface area contributed by atoms with E-state index in [2.05, 4.69) is 15.9 Å². The lowest BCUT2D eigenvalue weighted by Crippen LogP contribution is -2.45. The molecule has 2 N–H and O–H groups in total. The molecule has 0 spiro atoms. The van der Waals surface area contributed by atoms with Crippen LogP contribution in [0.4, 0.5) is 0 Å². The maximum Gasteiger partial charge on any atom is 0.157 e. The highest BCUT2D eigenvalue weighted by molar-refractivity contribution is 9.10. The van der Waals surface area contributed by atoms with E-state index in [1.54, 1.807) is 18.3 Å². The van der Waals surface area contributed by atoms with Crippen molar-refractivity contribution in [2.45, 2.75) is 32.2 Å². The van der Waals surface area contributed by atoms with Crippen LogP contribution in [-0.2, 0) is 11.2 Å². The number of hydrogen-bond donors (Lipinski definition) is 1. The van der Waals surface area contributed by atoms with Crippen molar-refractivity contribution < 1.29 is 4.79 Å². The highest BCUT2D eigenvalue weighted by Crippen LogP contribution is 2.24. The lowest BCUT2D eigenvalue weighted by Gasteiger charge is -2.20. The number of Topliss-reactive ketones (excluding diaryl/α,β-unsaturated/α-hetero) is 1. The minimum Gasteiger partial charge on any atom is -0.319 e. The lowest BCUT2D eigenvalue weighted by molar-refractivity contribution is -0.123. The number of rotatable bonds is 4. The molecule has 0 fully saturated rings. The smallest absolute Gasteiger partial charge is 0.157 e. The van der Waals surface area contributed by atoms with E-state index in [1.165, 1.54) is 0 Å². The number of thiophene rings is 1. The van der Waals surface area contributed by atoms with Gasteiger partial charge >= 0.3 is 0 Å². The molecule has 1 unspecified atom stereocenters. The van der Waals surface area contributed by atoms with Gasteiger partial charge in [-0.3, -0.25) is 4.79 Å². The number of carbonyl (C=O) groups excluding carboxylic acids is 1. The van der Waals surface area contributed by atoms with Crippen molar-refractivity contribution in [3.05, 3.63) is 20.8 Å². The second-order valence-corrected chi connectivity index (χ2v) is 5.42. The molecular weight excluding hydrogens is 262 g/mol. The highest BCUT2D eigenvalue weighted by Gasteiger charge is 2.26. The summed E-state index contributed by atoms with van der Waals surface area (Å²) < 4.78 is 1.00. The second-order valence-electron chi connectivity index (χ2n) is 3.56. The van der Waals surface area contributed by atoms with Crippen molar-refractivity contribution in [3.8, 4) is 0 Å². The van der Waals surface area contributed by atoms with Gasteiger partial charge in [-0.1, -0.05) is 6.92 Å². The van der Waals surface area contributed by atoms with E-state index >= 15 is 0 Å². The van der Waals surface area contributed by atoms with Gasteiger partial charge in [0.25, 0.3) is 0 Å². The molecule has 0 aromatic carbocycles. The van der Waals surface area contributed by atoms with E-state index in [4.69, 9.17) is 5.73 Å². The molecule has 0 saturated carbocycles. The predicted molar refractivity (Wildman–Crippen MR) is 63.6 cm³/mol. The third-order valence-corrected chi connectivity index (χ3v) is 4.31. The summed E-state index contributed by atoms with van der Waals surface area (Å²) in [5.74, 6) is 0.100. The number of carbonyl (C=O) groups is 1. The maximum absolute atomic E-state index is 11.8. The Morgan fingerprint density at radius 2 is 2.36 bits per heavy atom. The van der Waals surface area contributed by atoms with Crippen LogP contribution in [-0.4, -0.2) is 11.3 Å². The summed E-state index contributed by atoms with van der Waals surface area (Å²) in [5.41, 5.74) is 5.17. The molecule has 1 rings (SSSR count). The molecule has 0 radical (unpaired) electrons. The summed E-state index contributed by atoms with van der Waals surface area (Å²) in [6, 6.07) is 1.95. The zero-order chi connectivity index (χ0) is 10.8. The average molecular weight is 276 g/mol. The second kappa shape index (κ2) is 4.55. The quantitative estimate of drug-likeness (QED) is 0.918. The largest absolute Gasteiger partial charge is 0.319 e. The van der Waals surface area contributed by atoms with E-state index in [1.807, 2.05) is 18.4 Å². The summed E-state index contributed by atoms with van der Waals surface area (Å²) in [6.07, 6.45) is 1.11. The molecule has 0 amide bonds. The van der Waals surface area contributed by atoms with Crippen LogP contribution in [0.5, 0.6) is 0 Å². The zero-order valence-electron chi connectivity index (χ0n) is 8.34. The average Bonchev–Trinajstić information content (AvgIpc) is 2.52. The fraction of sp³-hybridized carbons (Fsp3) is 0.500. The van der Waals surface area contributed by atoms with E-state index in [-0.39, 0.29) is 5.78 Å². The van der Waals surface area contributed by atoms with E-state index in [0.29, 0.717) is 12.8 Å². The van der Waals surface area contributed by atoms with Crippen LogP contribution in [0.3, 0.4) is 0 Å². The molecule has 0 bridgehead atoms. The molecule has 14 heavy (non-hydrogen) atoms. The molecule has 1 heterocycles. The molecule has 2 nitrogen and oxygen atoms in total. The van der Waals surface area contributed by atoms with Gasteiger partial charge in [-0.15, -0.1) is 11.3 Å². The van der Waals surface area contributed by atoms with Crippen LogP contribution in [0.1, 0.15) is 25.1 Å². The molecular formula is C10H14BrNOS. The molecule has 0 aliphatic heterocycles. The molecule has 0 aliphatic rings. The van der Waals surface area contributed by atoms with Crippen molar-refractivity contribution in [3.63, 3.8) is 0 Å². The normalized spacial score (nSPS) is 15.1. The number of halogens is 1. The van der Waals surface area contributed by atoms with Crippen LogP contribution in [0.2, 0.25) is 0 Å². The molecule has 1 atom stereocenters. The molecule has 1 aromatic heterocycles. The van der Waals surface area contributed by atoms with Crippen molar-refractivity contribution in [1.82, 2.24) is 0 Å². The predicted octanol–water partition coefficient (Wildman–Crippen LogP) is 2.75. The Morgan fingerprint density at radius 1 is 1.71 bits per heavy atom. The summed E-state index contributed by atoms with van der Waals surface area (Å²) in [6.45, 7) is 3.72. The Labute approximate surface area is 96.6 Å². The standard InChI is InChI=1S/C10H14BrNOS/c1-3-10(2,12)9(13)6-8-7(11)4-5-14-8/h4-5H,3,6,12H2,1-2H3. The molecule has 78 valence electrons. The van der Waals surface area contributed by atoms with Crippen LogP contribution in [0.25, 0.3) is 0 Å². The summed E-state index contributed by atoms with van der Waals surface area (Å²) in [5, 5.41) is 1.96. The number of hydrogen-bond acceptors (Lipinski definition) is 3. The van der Waals surface area contributed by atoms with Gasteiger partial charge in [0.2, 0.25) is 0 Å². The Kier molecular flexibility index (Phi) is 3.86. The van der Waals surface area contributed by atoms with Crippen molar-refractivity contribution in [1.29, 1.82) is 0 Å². The maximum atomic E-state index is 11.8. The first kappa shape index (κ1) is 11.9. The van der Waals surface area contributed by atoms with E-state index < -0.39 is 5.54 Å². The Balaban J connectivity index is 2.71. The topological polar surface area (TPSA) is 43.1 Å². The van der Waals surface area contributed by atoms with Gasteiger partial charge in [-0.2, -0.15) is 0 Å². The van der Waals surface area contributed by atoms with Gasteiger partial charge < -0.3 is 5.73 Å². The van der Waals surface area contributed by atoms with Crippen molar-refractivity contribution in [2.24, 2.45) is 5.73 Å². The highest BCUT2D eigenvalue weighted by atomic mass is 79.9. The van der Waals surface area contributed by atoms with Gasteiger partial charge in [0.1, 0.15) is 0 Å². The zero-order valence-corrected chi connectivity index (χ0v) is 10.7. The van der Waals surface area contributed by atoms with Crippen LogP contribution in [0.15, 0.2) is 15.9 Å². The molecule has 4 heteroatoms.